The van der Waals surface area contributed by atoms with Gasteiger partial charge in [-0.1, -0.05) is 123 Å². The summed E-state index contributed by atoms with van der Waals surface area (Å²) in [4.78, 5) is 54.4. The number of phenols is 2. The number of hydrogen-bond donors (Lipinski definition) is 6. The van der Waals surface area contributed by atoms with E-state index in [0.717, 1.165) is 70.6 Å². The van der Waals surface area contributed by atoms with Gasteiger partial charge in [0.2, 0.25) is 0 Å². The highest BCUT2D eigenvalue weighted by molar-refractivity contribution is 6.07. The lowest BCUT2D eigenvalue weighted by atomic mass is 9.77. The number of aromatic hydroxyl groups is 2. The van der Waals surface area contributed by atoms with Crippen molar-refractivity contribution in [3.05, 3.63) is 58.7 Å². The van der Waals surface area contributed by atoms with Crippen LogP contribution in [-0.2, 0) is 22.4 Å². The molecule has 0 aliphatic heterocycles. The Bertz CT molecular complexity index is 1240. The summed E-state index contributed by atoms with van der Waals surface area (Å²) < 4.78 is 0. The van der Waals surface area contributed by atoms with Crippen molar-refractivity contribution in [2.45, 2.75) is 137 Å². The summed E-state index contributed by atoms with van der Waals surface area (Å²) in [6.45, 7) is 8.16. The molecular formula is C38H58N4O6. The lowest BCUT2D eigenvalue weighted by Crippen LogP contribution is -2.58. The minimum Gasteiger partial charge on any atom is -0.507 e. The normalized spacial score (nSPS) is 11.2. The molecular weight excluding hydrogens is 608 g/mol. The number of hydrazine groups is 2. The Kier molecular flexibility index (Phi) is 18.1. The van der Waals surface area contributed by atoms with E-state index in [-0.39, 0.29) is 35.5 Å². The van der Waals surface area contributed by atoms with Gasteiger partial charge < -0.3 is 10.2 Å². The van der Waals surface area contributed by atoms with Crippen molar-refractivity contribution in [1.82, 2.24) is 21.7 Å². The lowest BCUT2D eigenvalue weighted by molar-refractivity contribution is -0.146. The van der Waals surface area contributed by atoms with Crippen molar-refractivity contribution in [3.8, 4) is 11.5 Å². The Hall–Kier alpha value is -4.08. The highest BCUT2D eigenvalue weighted by Crippen LogP contribution is 2.32. The van der Waals surface area contributed by atoms with Gasteiger partial charge in [0.25, 0.3) is 23.6 Å². The van der Waals surface area contributed by atoms with Gasteiger partial charge in [0.15, 0.2) is 0 Å². The van der Waals surface area contributed by atoms with Crippen LogP contribution in [0.25, 0.3) is 0 Å². The number of nitrogens with one attached hydrogen (secondary N) is 4. The molecule has 0 aromatic heterocycles. The van der Waals surface area contributed by atoms with Crippen molar-refractivity contribution in [3.63, 3.8) is 0 Å². The Morgan fingerprint density at radius 1 is 0.521 bits per heavy atom. The van der Waals surface area contributed by atoms with Crippen LogP contribution in [0.1, 0.15) is 156 Å². The molecule has 0 bridgehead atoms. The smallest absolute Gasteiger partial charge is 0.273 e. The quantitative estimate of drug-likeness (QED) is 0.0466. The summed E-state index contributed by atoms with van der Waals surface area (Å²) in [5, 5.41) is 21.1. The van der Waals surface area contributed by atoms with Gasteiger partial charge in [-0.05, 0) is 61.8 Å². The van der Waals surface area contributed by atoms with Crippen LogP contribution in [0.3, 0.4) is 0 Å². The number of phenolic OH excluding ortho intramolecular Hbond substituents is 2. The van der Waals surface area contributed by atoms with E-state index < -0.39 is 29.0 Å². The number of unbranched alkanes of at least 4 members (excludes halogenated alkanes) is 9. The largest absolute Gasteiger partial charge is 0.507 e. The second kappa shape index (κ2) is 21.7. The first-order chi connectivity index (χ1) is 23.2. The molecule has 0 atom stereocenters. The third-order valence-corrected chi connectivity index (χ3v) is 8.89. The molecule has 266 valence electrons. The Morgan fingerprint density at radius 3 is 1.33 bits per heavy atom. The van der Waals surface area contributed by atoms with Crippen LogP contribution in [0.4, 0.5) is 0 Å². The number of carbonyl (C=O) groups is 4. The maximum atomic E-state index is 13.9. The predicted octanol–water partition coefficient (Wildman–Crippen LogP) is 7.32. The molecule has 10 nitrogen and oxygen atoms in total. The second-order valence-corrected chi connectivity index (χ2v) is 12.7. The molecule has 2 aromatic carbocycles. The van der Waals surface area contributed by atoms with E-state index in [1.165, 1.54) is 12.1 Å². The molecule has 2 rings (SSSR count). The summed E-state index contributed by atoms with van der Waals surface area (Å²) in [5.41, 5.74) is 9.72. The van der Waals surface area contributed by atoms with E-state index in [0.29, 0.717) is 36.8 Å². The third kappa shape index (κ3) is 11.9. The Labute approximate surface area is 286 Å². The highest BCUT2D eigenvalue weighted by atomic mass is 16.3. The fraction of sp³-hybridized carbons (Fsp3) is 0.579. The standard InChI is InChI=1S/C38H58N4O6/c1-5-9-12-15-20-28-22-18-24-30(43)32(28)34(45)39-41-36(47)38(26-8-4,27-17-14-11-7-3)37(48)42-40-35(46)33-29(21-16-13-10-6-2)23-19-25-31(33)44/h18-19,22-25,43-44H,5-17,20-21,26-27H2,1-4H3,(H,39,45)(H,40,46)(H,41,47)(H,42,48). The average molecular weight is 667 g/mol. The maximum absolute atomic E-state index is 13.9. The lowest BCUT2D eigenvalue weighted by Gasteiger charge is -2.31. The summed E-state index contributed by atoms with van der Waals surface area (Å²) in [7, 11) is 0. The fourth-order valence-corrected chi connectivity index (χ4v) is 6.15. The molecule has 0 heterocycles. The molecule has 0 saturated carbocycles. The SMILES string of the molecule is CCCCCCc1cccc(O)c1C(=O)NNC(=O)C(CCC)(CCCCCC)C(=O)NNC(=O)c1c(O)cccc1CCCCCC. The summed E-state index contributed by atoms with van der Waals surface area (Å²) >= 11 is 0. The van der Waals surface area contributed by atoms with E-state index in [4.69, 9.17) is 0 Å². The molecule has 10 heteroatoms. The maximum Gasteiger partial charge on any atom is 0.273 e. The van der Waals surface area contributed by atoms with Crippen molar-refractivity contribution in [2.24, 2.45) is 5.41 Å². The topological polar surface area (TPSA) is 157 Å². The van der Waals surface area contributed by atoms with Crippen LogP contribution < -0.4 is 21.7 Å². The minimum absolute atomic E-state index is 0.0863. The minimum atomic E-state index is -1.60. The molecule has 0 unspecified atom stereocenters. The monoisotopic (exact) mass is 666 g/mol. The van der Waals surface area contributed by atoms with E-state index in [1.807, 2.05) is 6.92 Å². The van der Waals surface area contributed by atoms with Crippen LogP contribution in [-0.4, -0.2) is 33.8 Å². The predicted molar refractivity (Wildman–Crippen MR) is 189 cm³/mol. The molecule has 0 saturated heterocycles. The third-order valence-electron chi connectivity index (χ3n) is 8.89. The van der Waals surface area contributed by atoms with Gasteiger partial charge in [-0.2, -0.15) is 0 Å². The fourth-order valence-electron chi connectivity index (χ4n) is 6.15. The van der Waals surface area contributed by atoms with E-state index in [1.54, 1.807) is 24.3 Å². The first-order valence-electron chi connectivity index (χ1n) is 18.0. The molecule has 0 aliphatic rings. The summed E-state index contributed by atoms with van der Waals surface area (Å²) in [6, 6.07) is 9.80. The zero-order chi connectivity index (χ0) is 35.4. The summed E-state index contributed by atoms with van der Waals surface area (Å²) in [5.74, 6) is -3.15. The first-order valence-corrected chi connectivity index (χ1v) is 18.0. The first kappa shape index (κ1) is 40.1. The Balaban J connectivity index is 2.26. The van der Waals surface area contributed by atoms with Gasteiger partial charge >= 0.3 is 0 Å². The van der Waals surface area contributed by atoms with Crippen molar-refractivity contribution < 1.29 is 29.4 Å². The highest BCUT2D eigenvalue weighted by Gasteiger charge is 2.45. The molecule has 0 fully saturated rings. The van der Waals surface area contributed by atoms with Crippen LogP contribution in [0.5, 0.6) is 11.5 Å². The molecule has 6 N–H and O–H groups in total. The number of carbonyl (C=O) groups excluding carboxylic acids is 4. The van der Waals surface area contributed by atoms with Crippen LogP contribution in [0, 0.1) is 5.41 Å². The second-order valence-electron chi connectivity index (χ2n) is 12.7. The van der Waals surface area contributed by atoms with Crippen LogP contribution in [0.15, 0.2) is 36.4 Å². The molecule has 2 aromatic rings. The molecule has 48 heavy (non-hydrogen) atoms. The molecule has 0 radical (unpaired) electrons. The van der Waals surface area contributed by atoms with Crippen molar-refractivity contribution in [1.29, 1.82) is 0 Å². The number of amides is 4. The van der Waals surface area contributed by atoms with Gasteiger partial charge in [-0.3, -0.25) is 40.9 Å². The van der Waals surface area contributed by atoms with Crippen LogP contribution >= 0.6 is 0 Å². The van der Waals surface area contributed by atoms with Gasteiger partial charge in [-0.15, -0.1) is 0 Å². The zero-order valence-electron chi connectivity index (χ0n) is 29.5. The number of aryl methyl sites for hydroxylation is 2. The Morgan fingerprint density at radius 2 is 0.938 bits per heavy atom. The zero-order valence-corrected chi connectivity index (χ0v) is 29.5. The average Bonchev–Trinajstić information content (AvgIpc) is 3.07. The molecule has 0 spiro atoms. The van der Waals surface area contributed by atoms with Crippen molar-refractivity contribution in [2.75, 3.05) is 0 Å². The van der Waals surface area contributed by atoms with Crippen LogP contribution in [0.2, 0.25) is 0 Å². The van der Waals surface area contributed by atoms with Gasteiger partial charge in [0.05, 0.1) is 11.1 Å². The molecule has 4 amide bonds. The van der Waals surface area contributed by atoms with Gasteiger partial charge in [-0.25, -0.2) is 0 Å². The number of hydrogen-bond acceptors (Lipinski definition) is 6. The van der Waals surface area contributed by atoms with Gasteiger partial charge in [0.1, 0.15) is 16.9 Å². The van der Waals surface area contributed by atoms with E-state index in [9.17, 15) is 29.4 Å². The van der Waals surface area contributed by atoms with E-state index in [2.05, 4.69) is 42.5 Å². The molecule has 0 aliphatic carbocycles. The summed E-state index contributed by atoms with van der Waals surface area (Å²) in [6.07, 6.45) is 13.3. The number of benzene rings is 2. The van der Waals surface area contributed by atoms with Gasteiger partial charge in [0, 0.05) is 0 Å². The number of rotatable bonds is 21. The van der Waals surface area contributed by atoms with E-state index >= 15 is 0 Å². The van der Waals surface area contributed by atoms with Crippen molar-refractivity contribution >= 4 is 23.6 Å².